The Bertz CT molecular complexity index is 1060. The van der Waals surface area contributed by atoms with Crippen LogP contribution in [0.3, 0.4) is 0 Å². The van der Waals surface area contributed by atoms with Gasteiger partial charge in [-0.15, -0.1) is 0 Å². The molecule has 1 unspecified atom stereocenters. The molecule has 3 aromatic rings. The van der Waals surface area contributed by atoms with Crippen LogP contribution in [0, 0.1) is 6.92 Å². The minimum atomic E-state index is -0.828. The number of aliphatic hydroxyl groups excluding tert-OH is 1. The minimum absolute atomic E-state index is 0.0455. The van der Waals surface area contributed by atoms with Crippen molar-refractivity contribution in [2.75, 3.05) is 13.7 Å². The summed E-state index contributed by atoms with van der Waals surface area (Å²) >= 11 is 6.16. The van der Waals surface area contributed by atoms with Gasteiger partial charge < -0.3 is 19.6 Å². The lowest BCUT2D eigenvalue weighted by molar-refractivity contribution is -0.120. The van der Waals surface area contributed by atoms with E-state index in [0.29, 0.717) is 32.9 Å². The molecule has 2 aromatic carbocycles. The normalized spacial score (nSPS) is 12.0. The van der Waals surface area contributed by atoms with Crippen LogP contribution in [0.4, 0.5) is 0 Å². The van der Waals surface area contributed by atoms with E-state index in [2.05, 4.69) is 5.32 Å². The van der Waals surface area contributed by atoms with Gasteiger partial charge in [0.1, 0.15) is 11.3 Å². The summed E-state index contributed by atoms with van der Waals surface area (Å²) < 4.78 is 10.5. The first kappa shape index (κ1) is 19.9. The number of amides is 1. The van der Waals surface area contributed by atoms with Gasteiger partial charge in [0.2, 0.25) is 5.91 Å². The van der Waals surface area contributed by atoms with Crippen LogP contribution in [0.25, 0.3) is 11.0 Å². The number of ether oxygens (including phenoxy) is 1. The van der Waals surface area contributed by atoms with Gasteiger partial charge in [-0.1, -0.05) is 41.9 Å². The molecule has 0 aliphatic carbocycles. The smallest absolute Gasteiger partial charge is 0.340 e. The summed E-state index contributed by atoms with van der Waals surface area (Å²) in [6, 6.07) is 12.2. The van der Waals surface area contributed by atoms with E-state index in [4.69, 9.17) is 20.8 Å². The summed E-state index contributed by atoms with van der Waals surface area (Å²) in [5.41, 5.74) is 1.32. The van der Waals surface area contributed by atoms with Crippen molar-refractivity contribution in [2.24, 2.45) is 0 Å². The molecule has 0 aliphatic rings. The highest BCUT2D eigenvalue weighted by molar-refractivity contribution is 6.32. The summed E-state index contributed by atoms with van der Waals surface area (Å²) in [7, 11) is 1.47. The third kappa shape index (κ3) is 4.18. The second-order valence-corrected chi connectivity index (χ2v) is 6.79. The molecule has 28 heavy (non-hydrogen) atoms. The van der Waals surface area contributed by atoms with E-state index in [-0.39, 0.29) is 24.4 Å². The maximum atomic E-state index is 12.4. The lowest BCUT2D eigenvalue weighted by Gasteiger charge is -2.13. The number of halogens is 1. The van der Waals surface area contributed by atoms with Crippen molar-refractivity contribution in [3.05, 3.63) is 74.6 Å². The highest BCUT2D eigenvalue weighted by atomic mass is 35.5. The van der Waals surface area contributed by atoms with Crippen LogP contribution in [0.2, 0.25) is 5.02 Å². The van der Waals surface area contributed by atoms with Crippen molar-refractivity contribution in [3.8, 4) is 5.75 Å². The second kappa shape index (κ2) is 8.46. The fraction of sp³-hybridized carbons (Fsp3) is 0.238. The first-order valence-corrected chi connectivity index (χ1v) is 9.08. The number of hydrogen-bond donors (Lipinski definition) is 2. The zero-order valence-electron chi connectivity index (χ0n) is 15.5. The van der Waals surface area contributed by atoms with Gasteiger partial charge in [0.05, 0.1) is 30.2 Å². The Morgan fingerprint density at radius 3 is 2.68 bits per heavy atom. The molecule has 146 valence electrons. The Morgan fingerprint density at radius 1 is 1.29 bits per heavy atom. The number of carbonyl (C=O) groups is 1. The number of aryl methyl sites for hydroxylation is 1. The highest BCUT2D eigenvalue weighted by Gasteiger charge is 2.17. The van der Waals surface area contributed by atoms with Crippen molar-refractivity contribution < 1.29 is 19.1 Å². The third-order valence-electron chi connectivity index (χ3n) is 4.57. The van der Waals surface area contributed by atoms with Crippen LogP contribution >= 0.6 is 11.6 Å². The molecule has 0 saturated carbocycles. The van der Waals surface area contributed by atoms with E-state index in [1.165, 1.54) is 7.11 Å². The van der Waals surface area contributed by atoms with Crippen LogP contribution in [-0.4, -0.2) is 24.7 Å². The van der Waals surface area contributed by atoms with Crippen LogP contribution < -0.4 is 15.7 Å². The quantitative estimate of drug-likeness (QED) is 0.619. The Kier molecular flexibility index (Phi) is 6.02. The number of fused-ring (bicyclic) bond motifs is 1. The molecule has 3 rings (SSSR count). The molecule has 0 aliphatic heterocycles. The van der Waals surface area contributed by atoms with Crippen molar-refractivity contribution in [2.45, 2.75) is 19.4 Å². The van der Waals surface area contributed by atoms with Crippen molar-refractivity contribution in [3.63, 3.8) is 0 Å². The molecule has 6 nitrogen and oxygen atoms in total. The van der Waals surface area contributed by atoms with E-state index in [1.54, 1.807) is 31.2 Å². The summed E-state index contributed by atoms with van der Waals surface area (Å²) in [6.45, 7) is 1.79. The van der Waals surface area contributed by atoms with Gasteiger partial charge in [-0.3, -0.25) is 4.79 Å². The number of nitrogens with one attached hydrogen (secondary N) is 1. The van der Waals surface area contributed by atoms with E-state index >= 15 is 0 Å². The highest BCUT2D eigenvalue weighted by Crippen LogP contribution is 2.31. The molecule has 0 bridgehead atoms. The van der Waals surface area contributed by atoms with Gasteiger partial charge in [-0.25, -0.2) is 4.79 Å². The first-order chi connectivity index (χ1) is 13.4. The maximum absolute atomic E-state index is 12.4. The maximum Gasteiger partial charge on any atom is 0.340 e. The average Bonchev–Trinajstić information content (AvgIpc) is 2.70. The molecule has 1 heterocycles. The SMILES string of the molecule is COc1cc2oc(=O)c(CC(=O)NCC(O)c3ccccc3)c(C)c2cc1Cl. The fourth-order valence-corrected chi connectivity index (χ4v) is 3.22. The Morgan fingerprint density at radius 2 is 2.00 bits per heavy atom. The molecule has 2 N–H and O–H groups in total. The van der Waals surface area contributed by atoms with Gasteiger partial charge in [-0.05, 0) is 24.1 Å². The average molecular weight is 402 g/mol. The van der Waals surface area contributed by atoms with Crippen molar-refractivity contribution in [1.29, 1.82) is 0 Å². The van der Waals surface area contributed by atoms with Crippen molar-refractivity contribution >= 4 is 28.5 Å². The molecular weight excluding hydrogens is 382 g/mol. The molecular formula is C21H20ClNO5. The summed E-state index contributed by atoms with van der Waals surface area (Å²) in [5.74, 6) is 0.0152. The lowest BCUT2D eigenvalue weighted by Crippen LogP contribution is -2.31. The van der Waals surface area contributed by atoms with Crippen LogP contribution in [0.15, 0.2) is 51.7 Å². The monoisotopic (exact) mass is 401 g/mol. The molecule has 0 saturated heterocycles. The van der Waals surface area contributed by atoms with Crippen LogP contribution in [0.5, 0.6) is 5.75 Å². The Hall–Kier alpha value is -2.83. The predicted octanol–water partition coefficient (Wildman–Crippen LogP) is 3.16. The van der Waals surface area contributed by atoms with Gasteiger partial charge in [0, 0.05) is 18.0 Å². The zero-order valence-corrected chi connectivity index (χ0v) is 16.2. The second-order valence-electron chi connectivity index (χ2n) is 6.38. The number of carbonyl (C=O) groups excluding carboxylic acids is 1. The largest absolute Gasteiger partial charge is 0.495 e. The topological polar surface area (TPSA) is 88.8 Å². The molecule has 1 aromatic heterocycles. The van der Waals surface area contributed by atoms with Crippen LogP contribution in [0.1, 0.15) is 22.8 Å². The Balaban J connectivity index is 1.78. The number of rotatable bonds is 6. The molecule has 7 heteroatoms. The number of methoxy groups -OCH3 is 1. The third-order valence-corrected chi connectivity index (χ3v) is 4.87. The summed E-state index contributed by atoms with van der Waals surface area (Å²) in [4.78, 5) is 24.7. The zero-order chi connectivity index (χ0) is 20.3. The fourth-order valence-electron chi connectivity index (χ4n) is 2.98. The molecule has 0 fully saturated rings. The summed E-state index contributed by atoms with van der Waals surface area (Å²) in [6.07, 6.45) is -0.986. The van der Waals surface area contributed by atoms with Crippen LogP contribution in [-0.2, 0) is 11.2 Å². The van der Waals surface area contributed by atoms with E-state index in [1.807, 2.05) is 18.2 Å². The van der Waals surface area contributed by atoms with E-state index in [9.17, 15) is 14.7 Å². The molecule has 0 radical (unpaired) electrons. The standard InChI is InChI=1S/C21H20ClNO5/c1-12-14-8-16(22)19(27-2)10-18(14)28-21(26)15(12)9-20(25)23-11-17(24)13-6-4-3-5-7-13/h3-8,10,17,24H,9,11H2,1-2H3,(H,23,25). The van der Waals surface area contributed by atoms with Gasteiger partial charge in [0.25, 0.3) is 0 Å². The van der Waals surface area contributed by atoms with E-state index < -0.39 is 11.7 Å². The van der Waals surface area contributed by atoms with Gasteiger partial charge in [-0.2, -0.15) is 0 Å². The van der Waals surface area contributed by atoms with E-state index in [0.717, 1.165) is 0 Å². The lowest BCUT2D eigenvalue weighted by atomic mass is 10.0. The number of benzene rings is 2. The van der Waals surface area contributed by atoms with Gasteiger partial charge in [0.15, 0.2) is 0 Å². The summed E-state index contributed by atoms with van der Waals surface area (Å²) in [5, 5.41) is 13.8. The number of aliphatic hydroxyl groups is 1. The Labute approximate surface area is 166 Å². The predicted molar refractivity (Wildman–Crippen MR) is 107 cm³/mol. The molecule has 0 spiro atoms. The van der Waals surface area contributed by atoms with Crippen molar-refractivity contribution in [1.82, 2.24) is 5.32 Å². The minimum Gasteiger partial charge on any atom is -0.495 e. The molecule has 1 amide bonds. The first-order valence-electron chi connectivity index (χ1n) is 8.70. The number of hydrogen-bond acceptors (Lipinski definition) is 5. The van der Waals surface area contributed by atoms with Gasteiger partial charge >= 0.3 is 5.63 Å². The molecule has 1 atom stereocenters.